The van der Waals surface area contributed by atoms with Crippen LogP contribution in [0.25, 0.3) is 10.9 Å². The van der Waals surface area contributed by atoms with Crippen LogP contribution in [0, 0.1) is 0 Å². The number of nitrogens with zero attached hydrogens (tertiary/aromatic N) is 1. The predicted octanol–water partition coefficient (Wildman–Crippen LogP) is 1.06. The molecule has 0 unspecified atom stereocenters. The van der Waals surface area contributed by atoms with Crippen LogP contribution in [0.5, 0.6) is 0 Å². The largest absolute Gasteiger partial charge is 0.459 e. The van der Waals surface area contributed by atoms with Gasteiger partial charge >= 0.3 is 11.9 Å². The summed E-state index contributed by atoms with van der Waals surface area (Å²) in [5, 5.41) is 9.85. The minimum atomic E-state index is -0.895. The van der Waals surface area contributed by atoms with Crippen LogP contribution in [0.2, 0.25) is 0 Å². The van der Waals surface area contributed by atoms with Crippen molar-refractivity contribution >= 4 is 28.5 Å². The van der Waals surface area contributed by atoms with Gasteiger partial charge in [-0.25, -0.2) is 4.79 Å². The van der Waals surface area contributed by atoms with Crippen molar-refractivity contribution in [3.63, 3.8) is 0 Å². The van der Waals surface area contributed by atoms with E-state index in [2.05, 4.69) is 20.3 Å². The fraction of sp³-hybridized carbons (Fsp3) is 0.182. The van der Waals surface area contributed by atoms with Gasteiger partial charge in [-0.3, -0.25) is 9.89 Å². The summed E-state index contributed by atoms with van der Waals surface area (Å²) in [6.45, 7) is 1.81. The highest BCUT2D eigenvalue weighted by molar-refractivity contribution is 6.37. The first kappa shape index (κ1) is 11.1. The van der Waals surface area contributed by atoms with Crippen LogP contribution < -0.4 is 5.32 Å². The highest BCUT2D eigenvalue weighted by Gasteiger charge is 2.15. The Bertz CT molecular complexity index is 562. The first-order valence-electron chi connectivity index (χ1n) is 5.12. The summed E-state index contributed by atoms with van der Waals surface area (Å²) in [4.78, 5) is 22.6. The molecule has 2 aromatic rings. The maximum absolute atomic E-state index is 11.5. The molecule has 1 heterocycles. The molecule has 0 aliphatic heterocycles. The van der Waals surface area contributed by atoms with Crippen molar-refractivity contribution in [2.45, 2.75) is 6.92 Å². The van der Waals surface area contributed by atoms with Crippen LogP contribution in [0.15, 0.2) is 24.4 Å². The summed E-state index contributed by atoms with van der Waals surface area (Å²) in [6, 6.07) is 5.26. The Balaban J connectivity index is 2.21. The number of esters is 1. The van der Waals surface area contributed by atoms with E-state index < -0.39 is 11.9 Å². The first-order chi connectivity index (χ1) is 8.22. The number of aromatic amines is 1. The summed E-state index contributed by atoms with van der Waals surface area (Å²) in [7, 11) is 0. The fourth-order valence-electron chi connectivity index (χ4n) is 1.45. The van der Waals surface area contributed by atoms with E-state index in [0.29, 0.717) is 5.69 Å². The van der Waals surface area contributed by atoms with Gasteiger partial charge < -0.3 is 10.1 Å². The monoisotopic (exact) mass is 233 g/mol. The number of carbonyl (C=O) groups is 2. The molecule has 1 aromatic heterocycles. The second kappa shape index (κ2) is 4.65. The molecule has 0 spiro atoms. The number of fused-ring (bicyclic) bond motifs is 1. The normalized spacial score (nSPS) is 10.2. The molecule has 1 aromatic carbocycles. The Morgan fingerprint density at radius 1 is 1.47 bits per heavy atom. The molecular formula is C11H11N3O3. The van der Waals surface area contributed by atoms with Gasteiger partial charge in [0.1, 0.15) is 0 Å². The first-order valence-corrected chi connectivity index (χ1v) is 5.12. The number of hydrogen-bond donors (Lipinski definition) is 2. The zero-order valence-corrected chi connectivity index (χ0v) is 9.19. The van der Waals surface area contributed by atoms with E-state index >= 15 is 0 Å². The third kappa shape index (κ3) is 2.25. The van der Waals surface area contributed by atoms with Gasteiger partial charge in [0.25, 0.3) is 0 Å². The maximum Gasteiger partial charge on any atom is 0.397 e. The number of carbonyl (C=O) groups excluding carboxylic acids is 2. The second-order valence-corrected chi connectivity index (χ2v) is 3.31. The molecule has 0 saturated heterocycles. The third-order valence-corrected chi connectivity index (χ3v) is 2.19. The summed E-state index contributed by atoms with van der Waals surface area (Å²) in [6.07, 6.45) is 1.58. The lowest BCUT2D eigenvalue weighted by Gasteiger charge is -2.05. The number of benzene rings is 1. The molecule has 0 saturated carbocycles. The molecule has 0 atom stereocenters. The van der Waals surface area contributed by atoms with Crippen molar-refractivity contribution in [3.05, 3.63) is 24.4 Å². The smallest absolute Gasteiger partial charge is 0.397 e. The zero-order valence-electron chi connectivity index (χ0n) is 9.19. The van der Waals surface area contributed by atoms with Gasteiger partial charge in [0, 0.05) is 5.39 Å². The topological polar surface area (TPSA) is 84.1 Å². The number of aromatic nitrogens is 2. The van der Waals surface area contributed by atoms with Gasteiger partial charge in [-0.05, 0) is 19.1 Å². The summed E-state index contributed by atoms with van der Waals surface area (Å²) in [5.74, 6) is -1.69. The highest BCUT2D eigenvalue weighted by Crippen LogP contribution is 2.20. The Kier molecular flexibility index (Phi) is 3.04. The van der Waals surface area contributed by atoms with Gasteiger partial charge in [0.05, 0.1) is 24.0 Å². The summed E-state index contributed by atoms with van der Waals surface area (Å²) < 4.78 is 4.60. The molecule has 2 N–H and O–H groups in total. The number of anilines is 1. The lowest BCUT2D eigenvalue weighted by molar-refractivity contribution is -0.152. The van der Waals surface area contributed by atoms with Crippen LogP contribution in [0.4, 0.5) is 5.69 Å². The summed E-state index contributed by atoms with van der Waals surface area (Å²) in [5.41, 5.74) is 1.31. The van der Waals surface area contributed by atoms with Crippen molar-refractivity contribution in [2.24, 2.45) is 0 Å². The van der Waals surface area contributed by atoms with Gasteiger partial charge in [0.2, 0.25) is 0 Å². The van der Waals surface area contributed by atoms with Crippen LogP contribution in [-0.2, 0) is 14.3 Å². The molecular weight excluding hydrogens is 222 g/mol. The van der Waals surface area contributed by atoms with Crippen molar-refractivity contribution in [3.8, 4) is 0 Å². The number of H-pyrrole nitrogens is 1. The van der Waals surface area contributed by atoms with Gasteiger partial charge in [0.15, 0.2) is 0 Å². The lowest BCUT2D eigenvalue weighted by atomic mass is 10.2. The van der Waals surface area contributed by atoms with Gasteiger partial charge in [-0.15, -0.1) is 0 Å². The van der Waals surface area contributed by atoms with Gasteiger partial charge in [-0.1, -0.05) is 6.07 Å². The van der Waals surface area contributed by atoms with E-state index in [1.54, 1.807) is 25.3 Å². The molecule has 0 bridgehead atoms. The SMILES string of the molecule is CCOC(=O)C(=O)Nc1cccc2[nH]ncc12. The molecule has 0 aliphatic rings. The number of hydrogen-bond acceptors (Lipinski definition) is 4. The van der Waals surface area contributed by atoms with E-state index in [1.807, 2.05) is 6.07 Å². The van der Waals surface area contributed by atoms with Crippen LogP contribution >= 0.6 is 0 Å². The van der Waals surface area contributed by atoms with Crippen LogP contribution in [0.3, 0.4) is 0 Å². The number of amides is 1. The molecule has 88 valence electrons. The number of ether oxygens (including phenoxy) is 1. The van der Waals surface area contributed by atoms with Crippen LogP contribution in [0.1, 0.15) is 6.92 Å². The number of rotatable bonds is 2. The Hall–Kier alpha value is -2.37. The maximum atomic E-state index is 11.5. The van der Waals surface area contributed by atoms with Crippen molar-refractivity contribution in [2.75, 3.05) is 11.9 Å². The standard InChI is InChI=1S/C11H11N3O3/c1-2-17-11(16)10(15)13-8-4-3-5-9-7(8)6-12-14-9/h3-6H,2H2,1H3,(H,12,14)(H,13,15). The van der Waals surface area contributed by atoms with Crippen molar-refractivity contribution in [1.29, 1.82) is 0 Å². The molecule has 0 aliphatic carbocycles. The zero-order chi connectivity index (χ0) is 12.3. The molecule has 2 rings (SSSR count). The molecule has 17 heavy (non-hydrogen) atoms. The van der Waals surface area contributed by atoms with Crippen molar-refractivity contribution in [1.82, 2.24) is 10.2 Å². The average molecular weight is 233 g/mol. The molecule has 0 radical (unpaired) electrons. The van der Waals surface area contributed by atoms with Gasteiger partial charge in [-0.2, -0.15) is 5.10 Å². The predicted molar refractivity (Wildman–Crippen MR) is 61.4 cm³/mol. The Morgan fingerprint density at radius 3 is 3.06 bits per heavy atom. The molecule has 6 nitrogen and oxygen atoms in total. The van der Waals surface area contributed by atoms with E-state index in [0.717, 1.165) is 10.9 Å². The van der Waals surface area contributed by atoms with E-state index in [4.69, 9.17) is 0 Å². The fourth-order valence-corrected chi connectivity index (χ4v) is 1.45. The molecule has 0 fully saturated rings. The second-order valence-electron chi connectivity index (χ2n) is 3.31. The quantitative estimate of drug-likeness (QED) is 0.600. The van der Waals surface area contributed by atoms with Crippen molar-refractivity contribution < 1.29 is 14.3 Å². The number of nitrogens with one attached hydrogen (secondary N) is 2. The van der Waals surface area contributed by atoms with E-state index in [9.17, 15) is 9.59 Å². The molecule has 1 amide bonds. The highest BCUT2D eigenvalue weighted by atomic mass is 16.5. The van der Waals surface area contributed by atoms with E-state index in [1.165, 1.54) is 0 Å². The Morgan fingerprint density at radius 2 is 2.29 bits per heavy atom. The third-order valence-electron chi connectivity index (χ3n) is 2.19. The summed E-state index contributed by atoms with van der Waals surface area (Å²) >= 11 is 0. The molecule has 6 heteroatoms. The average Bonchev–Trinajstić information content (AvgIpc) is 2.78. The Labute approximate surface area is 97.0 Å². The van der Waals surface area contributed by atoms with E-state index in [-0.39, 0.29) is 6.61 Å². The minimum Gasteiger partial charge on any atom is -0.459 e. The lowest BCUT2D eigenvalue weighted by Crippen LogP contribution is -2.25. The van der Waals surface area contributed by atoms with Crippen LogP contribution in [-0.4, -0.2) is 28.7 Å². The minimum absolute atomic E-state index is 0.169.